The van der Waals surface area contributed by atoms with Crippen LogP contribution in [-0.2, 0) is 7.05 Å². The summed E-state index contributed by atoms with van der Waals surface area (Å²) in [4.78, 5) is 23.3. The minimum absolute atomic E-state index is 0.130. The zero-order chi connectivity index (χ0) is 22.2. The average molecular weight is 437 g/mol. The van der Waals surface area contributed by atoms with Crippen LogP contribution in [0.15, 0.2) is 23.0 Å². The number of ether oxygens (including phenoxy) is 1. The minimum atomic E-state index is -0.130. The minimum Gasteiger partial charge on any atom is -0.496 e. The first kappa shape index (κ1) is 21.0. The van der Waals surface area contributed by atoms with Gasteiger partial charge in [-0.15, -0.1) is 0 Å². The standard InChI is InChI=1S/C24H32N6O2/c1-29-23-20(21(28-29)15-6-4-3-5-7-15)24(31)27-22(26-23)18-9-8-17(14-19(18)32-2)30-12-10-16(25)11-13-30/h8-9,14-16H,3-7,10-13,25H2,1-2H3,(H,26,27,31). The van der Waals surface area contributed by atoms with E-state index < -0.39 is 0 Å². The number of aryl methyl sites for hydroxylation is 1. The number of nitrogens with two attached hydrogens (primary N) is 1. The van der Waals surface area contributed by atoms with Crippen molar-refractivity contribution in [2.75, 3.05) is 25.1 Å². The van der Waals surface area contributed by atoms with Crippen LogP contribution in [0, 0.1) is 0 Å². The van der Waals surface area contributed by atoms with Gasteiger partial charge in [0, 0.05) is 43.9 Å². The lowest BCUT2D eigenvalue weighted by molar-refractivity contribution is 0.415. The van der Waals surface area contributed by atoms with Crippen molar-refractivity contribution in [2.24, 2.45) is 12.8 Å². The summed E-state index contributed by atoms with van der Waals surface area (Å²) in [6.07, 6.45) is 7.80. The number of hydrogen-bond donors (Lipinski definition) is 2. The fourth-order valence-corrected chi connectivity index (χ4v) is 5.20. The van der Waals surface area contributed by atoms with Gasteiger partial charge in [0.1, 0.15) is 17.0 Å². The van der Waals surface area contributed by atoms with E-state index in [9.17, 15) is 4.79 Å². The molecule has 170 valence electrons. The molecule has 0 spiro atoms. The van der Waals surface area contributed by atoms with E-state index in [0.29, 0.717) is 28.5 Å². The molecule has 32 heavy (non-hydrogen) atoms. The van der Waals surface area contributed by atoms with Crippen LogP contribution in [0.3, 0.4) is 0 Å². The normalized spacial score (nSPS) is 18.4. The topological polar surface area (TPSA) is 102 Å². The summed E-state index contributed by atoms with van der Waals surface area (Å²) < 4.78 is 7.44. The first-order valence-electron chi connectivity index (χ1n) is 11.7. The Morgan fingerprint density at radius 3 is 2.59 bits per heavy atom. The third-order valence-electron chi connectivity index (χ3n) is 7.06. The van der Waals surface area contributed by atoms with Gasteiger partial charge in [-0.25, -0.2) is 9.67 Å². The Labute approximate surface area is 187 Å². The van der Waals surface area contributed by atoms with Crippen molar-refractivity contribution in [3.05, 3.63) is 34.2 Å². The van der Waals surface area contributed by atoms with E-state index in [1.54, 1.807) is 11.8 Å². The Kier molecular flexibility index (Phi) is 5.63. The van der Waals surface area contributed by atoms with Gasteiger partial charge in [0.15, 0.2) is 5.65 Å². The first-order chi connectivity index (χ1) is 15.5. The maximum atomic E-state index is 13.2. The summed E-state index contributed by atoms with van der Waals surface area (Å²) in [5.74, 6) is 1.53. The van der Waals surface area contributed by atoms with Gasteiger partial charge in [-0.2, -0.15) is 5.10 Å². The molecule has 5 rings (SSSR count). The molecule has 0 amide bonds. The number of nitrogens with one attached hydrogen (secondary N) is 1. The summed E-state index contributed by atoms with van der Waals surface area (Å²) in [5.41, 5.74) is 9.31. The van der Waals surface area contributed by atoms with Crippen molar-refractivity contribution in [2.45, 2.75) is 56.9 Å². The molecular weight excluding hydrogens is 404 g/mol. The van der Waals surface area contributed by atoms with Crippen molar-refractivity contribution < 1.29 is 4.74 Å². The van der Waals surface area contributed by atoms with Crippen molar-refractivity contribution >= 4 is 16.7 Å². The second-order valence-corrected chi connectivity index (χ2v) is 9.17. The molecule has 1 aliphatic carbocycles. The maximum Gasteiger partial charge on any atom is 0.262 e. The average Bonchev–Trinajstić information content (AvgIpc) is 3.16. The molecule has 0 bridgehead atoms. The number of aromatic amines is 1. The second-order valence-electron chi connectivity index (χ2n) is 9.17. The Balaban J connectivity index is 1.53. The summed E-state index contributed by atoms with van der Waals surface area (Å²) in [6, 6.07) is 6.35. The van der Waals surface area contributed by atoms with Gasteiger partial charge in [0.05, 0.1) is 18.4 Å². The summed E-state index contributed by atoms with van der Waals surface area (Å²) in [5, 5.41) is 5.35. The molecule has 0 unspecified atom stereocenters. The molecule has 1 aliphatic heterocycles. The zero-order valence-corrected chi connectivity index (χ0v) is 18.9. The van der Waals surface area contributed by atoms with Crippen LogP contribution in [-0.4, -0.2) is 46.0 Å². The fourth-order valence-electron chi connectivity index (χ4n) is 5.20. The lowest BCUT2D eigenvalue weighted by atomic mass is 9.86. The van der Waals surface area contributed by atoms with Crippen LogP contribution in [0.5, 0.6) is 5.75 Å². The number of rotatable bonds is 4. The SMILES string of the molecule is COc1cc(N2CCC(N)CC2)ccc1-c1nc2c(c(C3CCCCC3)nn2C)c(=O)[nH]1. The lowest BCUT2D eigenvalue weighted by Gasteiger charge is -2.32. The van der Waals surface area contributed by atoms with Crippen molar-refractivity contribution in [1.82, 2.24) is 19.7 Å². The highest BCUT2D eigenvalue weighted by Crippen LogP contribution is 2.36. The van der Waals surface area contributed by atoms with Gasteiger partial charge in [-0.05, 0) is 37.8 Å². The van der Waals surface area contributed by atoms with Gasteiger partial charge < -0.3 is 20.4 Å². The molecule has 2 aliphatic rings. The van der Waals surface area contributed by atoms with Crippen molar-refractivity contribution in [1.29, 1.82) is 0 Å². The highest BCUT2D eigenvalue weighted by molar-refractivity contribution is 5.81. The molecule has 8 heteroatoms. The molecule has 1 saturated heterocycles. The number of benzene rings is 1. The smallest absolute Gasteiger partial charge is 0.262 e. The van der Waals surface area contributed by atoms with E-state index in [1.165, 1.54) is 19.3 Å². The third kappa shape index (κ3) is 3.77. The van der Waals surface area contributed by atoms with E-state index in [1.807, 2.05) is 19.2 Å². The van der Waals surface area contributed by atoms with Gasteiger partial charge in [0.2, 0.25) is 0 Å². The number of methoxy groups -OCH3 is 1. The Morgan fingerprint density at radius 2 is 1.88 bits per heavy atom. The number of hydrogen-bond acceptors (Lipinski definition) is 6. The van der Waals surface area contributed by atoms with Crippen molar-refractivity contribution in [3.63, 3.8) is 0 Å². The number of anilines is 1. The molecule has 0 atom stereocenters. The maximum absolute atomic E-state index is 13.2. The number of piperidine rings is 1. The van der Waals surface area contributed by atoms with E-state index in [2.05, 4.69) is 16.0 Å². The van der Waals surface area contributed by atoms with Crippen LogP contribution in [0.2, 0.25) is 0 Å². The Hall–Kier alpha value is -2.87. The van der Waals surface area contributed by atoms with Crippen LogP contribution < -0.4 is 20.9 Å². The lowest BCUT2D eigenvalue weighted by Crippen LogP contribution is -2.39. The molecule has 1 saturated carbocycles. The predicted octanol–water partition coefficient (Wildman–Crippen LogP) is 3.31. The van der Waals surface area contributed by atoms with Crippen molar-refractivity contribution in [3.8, 4) is 17.1 Å². The highest BCUT2D eigenvalue weighted by Gasteiger charge is 2.25. The summed E-state index contributed by atoms with van der Waals surface area (Å²) in [7, 11) is 3.52. The molecule has 3 aromatic rings. The number of nitrogens with zero attached hydrogens (tertiary/aromatic N) is 4. The molecule has 3 N–H and O–H groups in total. The van der Waals surface area contributed by atoms with Crippen LogP contribution >= 0.6 is 0 Å². The molecule has 2 fully saturated rings. The number of H-pyrrole nitrogens is 1. The second kappa shape index (κ2) is 8.58. The molecule has 1 aromatic carbocycles. The molecule has 8 nitrogen and oxygen atoms in total. The Morgan fingerprint density at radius 1 is 1.12 bits per heavy atom. The molecule has 2 aromatic heterocycles. The van der Waals surface area contributed by atoms with E-state index in [4.69, 9.17) is 20.6 Å². The van der Waals surface area contributed by atoms with Gasteiger partial charge in [0.25, 0.3) is 5.56 Å². The molecule has 0 radical (unpaired) electrons. The zero-order valence-electron chi connectivity index (χ0n) is 18.9. The van der Waals surface area contributed by atoms with Crippen LogP contribution in [0.4, 0.5) is 5.69 Å². The summed E-state index contributed by atoms with van der Waals surface area (Å²) >= 11 is 0. The van der Waals surface area contributed by atoms with Crippen LogP contribution in [0.25, 0.3) is 22.4 Å². The van der Waals surface area contributed by atoms with Crippen LogP contribution in [0.1, 0.15) is 56.6 Å². The fraction of sp³-hybridized carbons (Fsp3) is 0.542. The van der Waals surface area contributed by atoms with E-state index >= 15 is 0 Å². The molecular formula is C24H32N6O2. The Bertz CT molecular complexity index is 1170. The van der Waals surface area contributed by atoms with E-state index in [-0.39, 0.29) is 11.6 Å². The van der Waals surface area contributed by atoms with Gasteiger partial charge in [-0.1, -0.05) is 19.3 Å². The largest absolute Gasteiger partial charge is 0.496 e. The predicted molar refractivity (Wildman–Crippen MR) is 126 cm³/mol. The molecule has 3 heterocycles. The monoisotopic (exact) mass is 436 g/mol. The van der Waals surface area contributed by atoms with E-state index in [0.717, 1.165) is 55.7 Å². The third-order valence-corrected chi connectivity index (χ3v) is 7.06. The van der Waals surface area contributed by atoms with Gasteiger partial charge >= 0.3 is 0 Å². The first-order valence-corrected chi connectivity index (χ1v) is 11.7. The number of aromatic nitrogens is 4. The van der Waals surface area contributed by atoms with Gasteiger partial charge in [-0.3, -0.25) is 4.79 Å². The highest BCUT2D eigenvalue weighted by atomic mass is 16.5. The quantitative estimate of drug-likeness (QED) is 0.651. The number of fused-ring (bicyclic) bond motifs is 1. The summed E-state index contributed by atoms with van der Waals surface area (Å²) in [6.45, 7) is 1.87.